The second-order valence-corrected chi connectivity index (χ2v) is 8.53. The highest BCUT2D eigenvalue weighted by Gasteiger charge is 2.25. The predicted octanol–water partition coefficient (Wildman–Crippen LogP) is 4.05. The van der Waals surface area contributed by atoms with Crippen molar-refractivity contribution in [2.75, 3.05) is 21.9 Å². The number of rotatable bonds is 5. The van der Waals surface area contributed by atoms with E-state index in [4.69, 9.17) is 0 Å². The number of carbonyl (C=O) groups excluding carboxylic acids is 1. The van der Waals surface area contributed by atoms with Crippen molar-refractivity contribution in [2.24, 2.45) is 0 Å². The van der Waals surface area contributed by atoms with Gasteiger partial charge in [0.15, 0.2) is 0 Å². The summed E-state index contributed by atoms with van der Waals surface area (Å²) in [5.41, 5.74) is 3.27. The van der Waals surface area contributed by atoms with E-state index in [-0.39, 0.29) is 11.7 Å². The third-order valence-corrected chi connectivity index (χ3v) is 6.47. The summed E-state index contributed by atoms with van der Waals surface area (Å²) in [4.78, 5) is 12.4. The van der Waals surface area contributed by atoms with Gasteiger partial charge in [-0.25, -0.2) is 8.42 Å². The summed E-state index contributed by atoms with van der Waals surface area (Å²) in [7, 11) is -3.23. The molecule has 5 nitrogen and oxygen atoms in total. The first-order valence-corrected chi connectivity index (χ1v) is 10.8. The fourth-order valence-corrected chi connectivity index (χ4v) is 4.81. The van der Waals surface area contributed by atoms with Gasteiger partial charge in [-0.2, -0.15) is 0 Å². The van der Waals surface area contributed by atoms with Crippen molar-refractivity contribution in [2.45, 2.75) is 26.2 Å². The van der Waals surface area contributed by atoms with Crippen LogP contribution in [0.15, 0.2) is 60.7 Å². The number of sulfonamides is 1. The minimum Gasteiger partial charge on any atom is -0.323 e. The molecule has 6 heteroatoms. The molecule has 1 N–H and O–H groups in total. The molecular weight excluding hydrogens is 360 g/mol. The number of nitrogens with one attached hydrogen (secondary N) is 1. The fraction of sp³-hybridized carbons (Fsp3) is 0.286. The van der Waals surface area contributed by atoms with Crippen LogP contribution < -0.4 is 9.62 Å². The molecule has 1 aliphatic heterocycles. The van der Waals surface area contributed by atoms with Crippen molar-refractivity contribution in [1.82, 2.24) is 0 Å². The average molecular weight is 385 g/mol. The van der Waals surface area contributed by atoms with Gasteiger partial charge in [0.2, 0.25) is 15.9 Å². The minimum atomic E-state index is -3.23. The Hall–Kier alpha value is -2.60. The van der Waals surface area contributed by atoms with Crippen LogP contribution in [0, 0.1) is 0 Å². The molecule has 0 atom stereocenters. The maximum atomic E-state index is 12.4. The van der Waals surface area contributed by atoms with Crippen LogP contribution in [0.4, 0.5) is 11.4 Å². The molecule has 1 fully saturated rings. The molecule has 3 rings (SSSR count). The van der Waals surface area contributed by atoms with E-state index in [0.29, 0.717) is 24.3 Å². The summed E-state index contributed by atoms with van der Waals surface area (Å²) in [6, 6.07) is 16.8. The van der Waals surface area contributed by atoms with E-state index in [1.165, 1.54) is 4.31 Å². The van der Waals surface area contributed by atoms with Crippen LogP contribution in [0.1, 0.15) is 31.7 Å². The maximum Gasteiger partial charge on any atom is 0.248 e. The van der Waals surface area contributed by atoms with Gasteiger partial charge in [-0.15, -0.1) is 0 Å². The van der Waals surface area contributed by atoms with Gasteiger partial charge in [0.25, 0.3) is 0 Å². The van der Waals surface area contributed by atoms with E-state index in [9.17, 15) is 13.2 Å². The van der Waals surface area contributed by atoms with Crippen LogP contribution in [-0.4, -0.2) is 26.6 Å². The Morgan fingerprint density at radius 3 is 2.41 bits per heavy atom. The zero-order valence-corrected chi connectivity index (χ0v) is 16.2. The van der Waals surface area contributed by atoms with Gasteiger partial charge >= 0.3 is 0 Å². The molecule has 1 heterocycles. The Balaban J connectivity index is 1.71. The molecule has 1 amide bonds. The molecular formula is C21H24N2O3S. The van der Waals surface area contributed by atoms with Gasteiger partial charge in [-0.3, -0.25) is 9.10 Å². The monoisotopic (exact) mass is 384 g/mol. The van der Waals surface area contributed by atoms with Gasteiger partial charge in [-0.05, 0) is 54.7 Å². The molecule has 0 unspecified atom stereocenters. The Bertz CT molecular complexity index is 920. The van der Waals surface area contributed by atoms with Crippen LogP contribution in [-0.2, 0) is 14.8 Å². The first kappa shape index (κ1) is 19.2. The second kappa shape index (κ2) is 8.39. The lowest BCUT2D eigenvalue weighted by atomic mass is 10.0. The molecule has 2 aromatic carbocycles. The highest BCUT2D eigenvalue weighted by atomic mass is 32.2. The summed E-state index contributed by atoms with van der Waals surface area (Å²) in [5, 5.41) is 2.84. The number of benzene rings is 2. The van der Waals surface area contributed by atoms with Crippen molar-refractivity contribution in [3.63, 3.8) is 0 Å². The van der Waals surface area contributed by atoms with E-state index < -0.39 is 10.0 Å². The van der Waals surface area contributed by atoms with Crippen molar-refractivity contribution in [1.29, 1.82) is 0 Å². The van der Waals surface area contributed by atoms with Crippen LogP contribution in [0.5, 0.6) is 0 Å². The van der Waals surface area contributed by atoms with Gasteiger partial charge < -0.3 is 5.32 Å². The Morgan fingerprint density at radius 1 is 1.07 bits per heavy atom. The lowest BCUT2D eigenvalue weighted by molar-refractivity contribution is -0.111. The van der Waals surface area contributed by atoms with Crippen molar-refractivity contribution < 1.29 is 13.2 Å². The van der Waals surface area contributed by atoms with E-state index in [0.717, 1.165) is 24.0 Å². The number of anilines is 2. The SMILES string of the molecule is CC/C(=C\C(=O)Nc1ccc(N2CCCCS2(=O)=O)cc1)c1ccccc1. The van der Waals surface area contributed by atoms with Gasteiger partial charge in [0.1, 0.15) is 0 Å². The van der Waals surface area contributed by atoms with E-state index in [2.05, 4.69) is 5.32 Å². The maximum absolute atomic E-state index is 12.4. The summed E-state index contributed by atoms with van der Waals surface area (Å²) >= 11 is 0. The first-order chi connectivity index (χ1) is 13.0. The highest BCUT2D eigenvalue weighted by molar-refractivity contribution is 7.92. The van der Waals surface area contributed by atoms with Gasteiger partial charge in [0.05, 0.1) is 11.4 Å². The molecule has 0 spiro atoms. The van der Waals surface area contributed by atoms with Crippen LogP contribution in [0.25, 0.3) is 5.57 Å². The second-order valence-electron chi connectivity index (χ2n) is 6.52. The molecule has 0 bridgehead atoms. The number of nitrogens with zero attached hydrogens (tertiary/aromatic N) is 1. The summed E-state index contributed by atoms with van der Waals surface area (Å²) in [5.74, 6) is -0.00991. The number of amides is 1. The smallest absolute Gasteiger partial charge is 0.248 e. The lowest BCUT2D eigenvalue weighted by Crippen LogP contribution is -2.37. The number of allylic oxidation sites excluding steroid dienone is 1. The molecule has 0 saturated carbocycles. The molecule has 142 valence electrons. The quantitative estimate of drug-likeness (QED) is 0.791. The summed E-state index contributed by atoms with van der Waals surface area (Å²) < 4.78 is 25.8. The Morgan fingerprint density at radius 2 is 1.78 bits per heavy atom. The summed E-state index contributed by atoms with van der Waals surface area (Å²) in [6.07, 6.45) is 3.93. The van der Waals surface area contributed by atoms with Crippen LogP contribution in [0.2, 0.25) is 0 Å². The molecule has 0 aromatic heterocycles. The van der Waals surface area contributed by atoms with Crippen LogP contribution >= 0.6 is 0 Å². The third kappa shape index (κ3) is 4.77. The van der Waals surface area contributed by atoms with E-state index in [1.807, 2.05) is 37.3 Å². The van der Waals surface area contributed by atoms with Gasteiger partial charge in [-0.1, -0.05) is 37.3 Å². The van der Waals surface area contributed by atoms with Crippen molar-refractivity contribution in [3.05, 3.63) is 66.2 Å². The topological polar surface area (TPSA) is 66.5 Å². The molecule has 1 aliphatic rings. The predicted molar refractivity (Wildman–Crippen MR) is 110 cm³/mol. The zero-order chi connectivity index (χ0) is 19.3. The minimum absolute atomic E-state index is 0.190. The third-order valence-electron chi connectivity index (χ3n) is 4.60. The zero-order valence-electron chi connectivity index (χ0n) is 15.4. The molecule has 0 radical (unpaired) electrons. The van der Waals surface area contributed by atoms with Crippen LogP contribution in [0.3, 0.4) is 0 Å². The normalized spacial score (nSPS) is 16.8. The Kier molecular flexibility index (Phi) is 5.96. The molecule has 27 heavy (non-hydrogen) atoms. The standard InChI is InChI=1S/C21H24N2O3S/c1-2-17(18-8-4-3-5-9-18)16-21(24)22-19-10-12-20(13-11-19)23-14-6-7-15-27(23,25)26/h3-5,8-13,16H,2,6-7,14-15H2,1H3,(H,22,24)/b17-16+. The fourth-order valence-electron chi connectivity index (χ4n) is 3.17. The van der Waals surface area contributed by atoms with Crippen molar-refractivity contribution in [3.8, 4) is 0 Å². The lowest BCUT2D eigenvalue weighted by Gasteiger charge is -2.28. The molecule has 2 aromatic rings. The number of carbonyl (C=O) groups is 1. The highest BCUT2D eigenvalue weighted by Crippen LogP contribution is 2.25. The van der Waals surface area contributed by atoms with E-state index in [1.54, 1.807) is 30.3 Å². The van der Waals surface area contributed by atoms with Gasteiger partial charge in [0, 0.05) is 18.3 Å². The summed E-state index contributed by atoms with van der Waals surface area (Å²) in [6.45, 7) is 2.52. The Labute approximate surface area is 160 Å². The largest absolute Gasteiger partial charge is 0.323 e. The molecule has 1 saturated heterocycles. The average Bonchev–Trinajstić information content (AvgIpc) is 2.67. The first-order valence-electron chi connectivity index (χ1n) is 9.17. The number of hydrogen-bond acceptors (Lipinski definition) is 3. The number of hydrogen-bond donors (Lipinski definition) is 1. The molecule has 0 aliphatic carbocycles. The van der Waals surface area contributed by atoms with E-state index >= 15 is 0 Å². The van der Waals surface area contributed by atoms with Crippen molar-refractivity contribution >= 4 is 32.9 Å².